The predicted octanol–water partition coefficient (Wildman–Crippen LogP) is 0.623. The molecule has 104 valence electrons. The number of rotatable bonds is 6. The summed E-state index contributed by atoms with van der Waals surface area (Å²) in [4.78, 5) is 0. The molecule has 0 saturated heterocycles. The van der Waals surface area contributed by atoms with Crippen LogP contribution in [-0.2, 0) is 21.8 Å². The third-order valence-corrected chi connectivity index (χ3v) is 5.00. The van der Waals surface area contributed by atoms with E-state index in [2.05, 4.69) is 26.2 Å². The summed E-state index contributed by atoms with van der Waals surface area (Å²) in [6.45, 7) is 4.42. The molecule has 0 aliphatic rings. The van der Waals surface area contributed by atoms with E-state index in [4.69, 9.17) is 4.74 Å². The summed E-state index contributed by atoms with van der Waals surface area (Å²) in [7, 11) is -0.581. The van der Waals surface area contributed by atoms with Gasteiger partial charge >= 0.3 is 0 Å². The second kappa shape index (κ2) is 6.09. The Kier molecular flexibility index (Phi) is 5.26. The van der Waals surface area contributed by atoms with Crippen molar-refractivity contribution in [1.82, 2.24) is 19.3 Å². The van der Waals surface area contributed by atoms with Gasteiger partial charge in [-0.3, -0.25) is 0 Å². The maximum atomic E-state index is 12.3. The quantitative estimate of drug-likeness (QED) is 0.758. The van der Waals surface area contributed by atoms with Crippen molar-refractivity contribution < 1.29 is 13.2 Å². The van der Waals surface area contributed by atoms with Crippen LogP contribution in [0.4, 0.5) is 0 Å². The highest BCUT2D eigenvalue weighted by Crippen LogP contribution is 2.20. The van der Waals surface area contributed by atoms with Gasteiger partial charge in [0.15, 0.2) is 4.60 Å². The first-order valence-corrected chi connectivity index (χ1v) is 7.63. The summed E-state index contributed by atoms with van der Waals surface area (Å²) in [5, 5.41) is 7.36. The number of halogens is 1. The van der Waals surface area contributed by atoms with E-state index in [1.807, 2.05) is 13.8 Å². The van der Waals surface area contributed by atoms with E-state index in [-0.39, 0.29) is 22.3 Å². The number of nitrogens with zero attached hydrogens (tertiary/aromatic N) is 4. The monoisotopic (exact) mass is 340 g/mol. The van der Waals surface area contributed by atoms with Crippen molar-refractivity contribution in [3.8, 4) is 0 Å². The second-order valence-electron chi connectivity index (χ2n) is 4.06. The van der Waals surface area contributed by atoms with Crippen molar-refractivity contribution in [2.45, 2.75) is 25.0 Å². The molecule has 0 spiro atoms. The molecule has 18 heavy (non-hydrogen) atoms. The van der Waals surface area contributed by atoms with Gasteiger partial charge < -0.3 is 4.74 Å². The van der Waals surface area contributed by atoms with E-state index in [0.29, 0.717) is 6.61 Å². The molecule has 1 aromatic heterocycles. The lowest BCUT2D eigenvalue weighted by Gasteiger charge is -2.17. The molecule has 1 rings (SSSR count). The number of hydrogen-bond acceptors (Lipinski definition) is 5. The zero-order valence-corrected chi connectivity index (χ0v) is 13.2. The van der Waals surface area contributed by atoms with Crippen molar-refractivity contribution in [3.05, 3.63) is 4.60 Å². The van der Waals surface area contributed by atoms with Crippen molar-refractivity contribution in [1.29, 1.82) is 0 Å². The van der Waals surface area contributed by atoms with E-state index in [1.54, 1.807) is 0 Å². The average molecular weight is 341 g/mol. The molecule has 0 amide bonds. The van der Waals surface area contributed by atoms with E-state index in [1.165, 1.54) is 23.1 Å². The van der Waals surface area contributed by atoms with E-state index >= 15 is 0 Å². The lowest BCUT2D eigenvalue weighted by Crippen LogP contribution is -2.32. The van der Waals surface area contributed by atoms with Gasteiger partial charge in [0, 0.05) is 20.6 Å². The zero-order valence-electron chi connectivity index (χ0n) is 10.8. The Morgan fingerprint density at radius 3 is 2.56 bits per heavy atom. The summed E-state index contributed by atoms with van der Waals surface area (Å²) in [6, 6.07) is 0. The molecule has 0 radical (unpaired) electrons. The third kappa shape index (κ3) is 3.50. The number of likely N-dealkylation sites (N-methyl/N-ethyl adjacent to an activating group) is 1. The van der Waals surface area contributed by atoms with Gasteiger partial charge in [-0.1, -0.05) is 5.21 Å². The lowest BCUT2D eigenvalue weighted by molar-refractivity contribution is 0.0736. The van der Waals surface area contributed by atoms with Gasteiger partial charge in [0.05, 0.1) is 12.7 Å². The highest BCUT2D eigenvalue weighted by Gasteiger charge is 2.28. The molecule has 0 aliphatic heterocycles. The van der Waals surface area contributed by atoms with Crippen LogP contribution in [0, 0.1) is 0 Å². The van der Waals surface area contributed by atoms with E-state index in [9.17, 15) is 8.42 Å². The summed E-state index contributed by atoms with van der Waals surface area (Å²) in [5.41, 5.74) is 0. The average Bonchev–Trinajstić information content (AvgIpc) is 2.58. The van der Waals surface area contributed by atoms with Gasteiger partial charge in [0.1, 0.15) is 0 Å². The Balaban J connectivity index is 2.81. The first-order chi connectivity index (χ1) is 8.26. The first-order valence-electron chi connectivity index (χ1n) is 5.40. The molecule has 0 atom stereocenters. The Morgan fingerprint density at radius 1 is 1.50 bits per heavy atom. The molecular formula is C9H17BrN4O3S. The van der Waals surface area contributed by atoms with Crippen molar-refractivity contribution in [2.24, 2.45) is 7.05 Å². The molecule has 9 heteroatoms. The van der Waals surface area contributed by atoms with Crippen LogP contribution < -0.4 is 0 Å². The summed E-state index contributed by atoms with van der Waals surface area (Å²) >= 11 is 3.08. The van der Waals surface area contributed by atoms with Gasteiger partial charge in [0.2, 0.25) is 5.03 Å². The van der Waals surface area contributed by atoms with Crippen LogP contribution in [0.2, 0.25) is 0 Å². The molecule has 0 aromatic carbocycles. The summed E-state index contributed by atoms with van der Waals surface area (Å²) in [5.74, 6) is 0. The topological polar surface area (TPSA) is 77.3 Å². The highest BCUT2D eigenvalue weighted by molar-refractivity contribution is 9.10. The van der Waals surface area contributed by atoms with Gasteiger partial charge in [-0.15, -0.1) is 5.10 Å². The van der Waals surface area contributed by atoms with Crippen LogP contribution in [0.3, 0.4) is 0 Å². The molecular weight excluding hydrogens is 324 g/mol. The second-order valence-corrected chi connectivity index (χ2v) is 6.77. The molecule has 0 bridgehead atoms. The van der Waals surface area contributed by atoms with Crippen LogP contribution in [0.5, 0.6) is 0 Å². The van der Waals surface area contributed by atoms with Crippen LogP contribution in [-0.4, -0.2) is 54.0 Å². The van der Waals surface area contributed by atoms with Crippen LogP contribution >= 0.6 is 15.9 Å². The molecule has 0 fully saturated rings. The minimum absolute atomic E-state index is 0.0366. The summed E-state index contributed by atoms with van der Waals surface area (Å²) in [6.07, 6.45) is 0.0752. The highest BCUT2D eigenvalue weighted by atomic mass is 79.9. The minimum Gasteiger partial charge on any atom is -0.377 e. The van der Waals surface area contributed by atoms with Crippen LogP contribution in [0.1, 0.15) is 13.8 Å². The number of sulfonamides is 1. The fraction of sp³-hybridized carbons (Fsp3) is 0.778. The van der Waals surface area contributed by atoms with E-state index in [0.717, 1.165) is 0 Å². The number of ether oxygens (including phenoxy) is 1. The van der Waals surface area contributed by atoms with Gasteiger partial charge in [-0.25, -0.2) is 13.1 Å². The normalized spacial score (nSPS) is 12.6. The predicted molar refractivity (Wildman–Crippen MR) is 69.6 cm³/mol. The largest absolute Gasteiger partial charge is 0.377 e. The van der Waals surface area contributed by atoms with E-state index < -0.39 is 10.0 Å². The van der Waals surface area contributed by atoms with Crippen LogP contribution in [0.25, 0.3) is 0 Å². The molecule has 0 unspecified atom stereocenters. The van der Waals surface area contributed by atoms with Crippen molar-refractivity contribution in [3.63, 3.8) is 0 Å². The Bertz CT molecular complexity index is 480. The van der Waals surface area contributed by atoms with Crippen LogP contribution in [0.15, 0.2) is 9.63 Å². The number of aromatic nitrogens is 3. The standard InChI is InChI=1S/C9H17BrN4O3S/c1-7(2)17-6-5-13(3)18(15,16)9-8(10)11-12-14(9)4/h7H,5-6H2,1-4H3. The van der Waals surface area contributed by atoms with Gasteiger partial charge in [0.25, 0.3) is 10.0 Å². The fourth-order valence-corrected chi connectivity index (χ4v) is 3.46. The molecule has 0 aliphatic carbocycles. The number of hydrogen-bond donors (Lipinski definition) is 0. The Labute approximate surface area is 115 Å². The molecule has 0 N–H and O–H groups in total. The Hall–Kier alpha value is -0.510. The van der Waals surface area contributed by atoms with Gasteiger partial charge in [-0.05, 0) is 29.8 Å². The molecule has 0 saturated carbocycles. The maximum Gasteiger partial charge on any atom is 0.262 e. The molecule has 1 aromatic rings. The SMILES string of the molecule is CC(C)OCCN(C)S(=O)(=O)c1c(Br)nnn1C. The molecule has 1 heterocycles. The summed E-state index contributed by atoms with van der Waals surface area (Å²) < 4.78 is 32.5. The minimum atomic E-state index is -3.61. The Morgan fingerprint density at radius 2 is 2.11 bits per heavy atom. The first kappa shape index (κ1) is 15.5. The number of aryl methyl sites for hydroxylation is 1. The zero-order chi connectivity index (χ0) is 13.9. The lowest BCUT2D eigenvalue weighted by atomic mass is 10.5. The third-order valence-electron chi connectivity index (χ3n) is 2.25. The van der Waals surface area contributed by atoms with Crippen molar-refractivity contribution in [2.75, 3.05) is 20.2 Å². The maximum absolute atomic E-state index is 12.3. The van der Waals surface area contributed by atoms with Crippen molar-refractivity contribution >= 4 is 26.0 Å². The fourth-order valence-electron chi connectivity index (χ4n) is 1.28. The molecule has 7 nitrogen and oxygen atoms in total. The smallest absolute Gasteiger partial charge is 0.262 e. The van der Waals surface area contributed by atoms with Gasteiger partial charge in [-0.2, -0.15) is 4.31 Å².